The van der Waals surface area contributed by atoms with Crippen molar-refractivity contribution < 1.29 is 14.9 Å². The number of morpholine rings is 1. The van der Waals surface area contributed by atoms with Gasteiger partial charge in [-0.3, -0.25) is 4.90 Å². The van der Waals surface area contributed by atoms with Crippen molar-refractivity contribution in [1.29, 1.82) is 0 Å². The number of hydrogen-bond acceptors (Lipinski definition) is 5. The summed E-state index contributed by atoms with van der Waals surface area (Å²) < 4.78 is 5.53. The SMILES string of the molecule is CCC1=C(NCCC(CCO)N2CCOCC2)C=C2CCC3C(CCC4(C)C(O)CCC34)C21. The Morgan fingerprint density at radius 2 is 1.97 bits per heavy atom. The zero-order valence-electron chi connectivity index (χ0n) is 20.9. The zero-order valence-corrected chi connectivity index (χ0v) is 20.9. The standard InChI is InChI=1S/C28H46N2O3/c1-3-21-25(29-12-9-20(10-15-31)30-13-16-33-17-14-30)18-19-4-5-22-23(27(19)21)8-11-28(2)24(22)6-7-26(28)32/h18,20,22-24,26-27,29,31-32H,3-17H2,1-2H3. The monoisotopic (exact) mass is 458 g/mol. The fraction of sp³-hybridized carbons (Fsp3) is 0.857. The molecule has 5 rings (SSSR count). The number of allylic oxidation sites excluding steroid dienone is 3. The minimum absolute atomic E-state index is 0.0827. The molecule has 1 saturated heterocycles. The fourth-order valence-electron chi connectivity index (χ4n) is 8.52. The Morgan fingerprint density at radius 3 is 2.73 bits per heavy atom. The van der Waals surface area contributed by atoms with Gasteiger partial charge in [0, 0.05) is 43.9 Å². The molecule has 186 valence electrons. The van der Waals surface area contributed by atoms with Crippen molar-refractivity contribution in [1.82, 2.24) is 10.2 Å². The zero-order chi connectivity index (χ0) is 23.0. The van der Waals surface area contributed by atoms with E-state index in [1.165, 1.54) is 37.8 Å². The van der Waals surface area contributed by atoms with E-state index in [-0.39, 0.29) is 18.1 Å². The van der Waals surface area contributed by atoms with Gasteiger partial charge in [0.05, 0.1) is 19.3 Å². The Hall–Kier alpha value is -0.880. The Balaban J connectivity index is 1.26. The molecule has 0 amide bonds. The highest BCUT2D eigenvalue weighted by Gasteiger charge is 2.56. The van der Waals surface area contributed by atoms with Gasteiger partial charge in [-0.25, -0.2) is 0 Å². The number of fused-ring (bicyclic) bond motifs is 5. The maximum absolute atomic E-state index is 10.7. The average molecular weight is 459 g/mol. The minimum atomic E-state index is -0.0827. The Labute approximate surface area is 200 Å². The van der Waals surface area contributed by atoms with Crippen LogP contribution in [0.5, 0.6) is 0 Å². The van der Waals surface area contributed by atoms with E-state index in [4.69, 9.17) is 4.74 Å². The summed E-state index contributed by atoms with van der Waals surface area (Å²) >= 11 is 0. The normalized spacial score (nSPS) is 39.6. The first-order chi connectivity index (χ1) is 16.1. The van der Waals surface area contributed by atoms with Crippen molar-refractivity contribution in [3.8, 4) is 0 Å². The van der Waals surface area contributed by atoms with Crippen LogP contribution in [0.25, 0.3) is 0 Å². The van der Waals surface area contributed by atoms with Crippen LogP contribution in [0, 0.1) is 29.1 Å². The second-order valence-corrected chi connectivity index (χ2v) is 11.6. The number of ether oxygens (including phenoxy) is 1. The first kappa shape index (κ1) is 23.8. The number of nitrogens with one attached hydrogen (secondary N) is 1. The molecule has 4 fully saturated rings. The third kappa shape index (κ3) is 4.32. The van der Waals surface area contributed by atoms with Gasteiger partial charge in [0.2, 0.25) is 0 Å². The highest BCUT2D eigenvalue weighted by atomic mass is 16.5. The molecule has 33 heavy (non-hydrogen) atoms. The predicted molar refractivity (Wildman–Crippen MR) is 132 cm³/mol. The molecule has 0 aromatic rings. The molecule has 0 bridgehead atoms. The molecule has 3 N–H and O–H groups in total. The van der Waals surface area contributed by atoms with Crippen LogP contribution >= 0.6 is 0 Å². The van der Waals surface area contributed by atoms with Gasteiger partial charge in [-0.05, 0) is 92.6 Å². The molecular weight excluding hydrogens is 412 g/mol. The molecule has 1 aliphatic heterocycles. The van der Waals surface area contributed by atoms with Crippen LogP contribution in [0.4, 0.5) is 0 Å². The molecule has 5 heteroatoms. The molecule has 7 unspecified atom stereocenters. The second kappa shape index (κ2) is 10.0. The largest absolute Gasteiger partial charge is 0.396 e. The van der Waals surface area contributed by atoms with Crippen LogP contribution in [0.15, 0.2) is 22.9 Å². The Kier molecular flexibility index (Phi) is 7.23. The van der Waals surface area contributed by atoms with E-state index in [9.17, 15) is 10.2 Å². The van der Waals surface area contributed by atoms with Gasteiger partial charge in [-0.2, -0.15) is 0 Å². The van der Waals surface area contributed by atoms with Gasteiger partial charge < -0.3 is 20.3 Å². The first-order valence-electron chi connectivity index (χ1n) is 13.8. The molecule has 7 atom stereocenters. The van der Waals surface area contributed by atoms with Crippen LogP contribution in [-0.2, 0) is 4.74 Å². The molecule has 0 aromatic carbocycles. The summed E-state index contributed by atoms with van der Waals surface area (Å²) in [6, 6.07) is 0.433. The maximum atomic E-state index is 10.7. The Bertz CT molecular complexity index is 758. The lowest BCUT2D eigenvalue weighted by Gasteiger charge is -2.52. The molecule has 1 heterocycles. The summed E-state index contributed by atoms with van der Waals surface area (Å²) in [6.07, 6.45) is 12.8. The summed E-state index contributed by atoms with van der Waals surface area (Å²) in [5, 5.41) is 24.2. The molecule has 0 radical (unpaired) electrons. The second-order valence-electron chi connectivity index (χ2n) is 11.6. The van der Waals surface area contributed by atoms with Crippen molar-refractivity contribution in [3.63, 3.8) is 0 Å². The maximum Gasteiger partial charge on any atom is 0.0596 e. The summed E-state index contributed by atoms with van der Waals surface area (Å²) in [6.45, 7) is 9.54. The van der Waals surface area contributed by atoms with Crippen LogP contribution < -0.4 is 5.32 Å². The lowest BCUT2D eigenvalue weighted by molar-refractivity contribution is -0.0479. The van der Waals surface area contributed by atoms with E-state index in [0.717, 1.165) is 76.3 Å². The highest BCUT2D eigenvalue weighted by Crippen LogP contribution is 2.62. The van der Waals surface area contributed by atoms with E-state index in [2.05, 4.69) is 30.1 Å². The number of rotatable bonds is 8. The molecule has 5 nitrogen and oxygen atoms in total. The summed E-state index contributed by atoms with van der Waals surface area (Å²) in [5.74, 6) is 2.93. The van der Waals surface area contributed by atoms with Crippen molar-refractivity contribution >= 4 is 0 Å². The highest BCUT2D eigenvalue weighted by molar-refractivity contribution is 5.43. The van der Waals surface area contributed by atoms with Crippen molar-refractivity contribution in [2.45, 2.75) is 83.8 Å². The number of aliphatic hydroxyl groups excluding tert-OH is 2. The molecule has 0 aromatic heterocycles. The van der Waals surface area contributed by atoms with Crippen molar-refractivity contribution in [2.75, 3.05) is 39.5 Å². The van der Waals surface area contributed by atoms with E-state index < -0.39 is 0 Å². The number of nitrogens with zero attached hydrogens (tertiary/aromatic N) is 1. The molecule has 5 aliphatic rings. The summed E-state index contributed by atoms with van der Waals surface area (Å²) in [4.78, 5) is 2.50. The number of aliphatic hydroxyl groups is 2. The fourth-order valence-corrected chi connectivity index (χ4v) is 8.52. The topological polar surface area (TPSA) is 65.0 Å². The predicted octanol–water partition coefficient (Wildman–Crippen LogP) is 3.87. The van der Waals surface area contributed by atoms with Gasteiger partial charge in [0.25, 0.3) is 0 Å². The van der Waals surface area contributed by atoms with Gasteiger partial charge in [0.15, 0.2) is 0 Å². The summed E-state index contributed by atoms with van der Waals surface area (Å²) in [5.41, 5.74) is 4.90. The summed E-state index contributed by atoms with van der Waals surface area (Å²) in [7, 11) is 0. The van der Waals surface area contributed by atoms with Gasteiger partial charge in [-0.1, -0.05) is 19.4 Å². The molecule has 0 spiro atoms. The minimum Gasteiger partial charge on any atom is -0.396 e. The lowest BCUT2D eigenvalue weighted by Crippen LogP contribution is -2.47. The van der Waals surface area contributed by atoms with Gasteiger partial charge in [0.1, 0.15) is 0 Å². The third-order valence-corrected chi connectivity index (χ3v) is 10.3. The van der Waals surface area contributed by atoms with Crippen LogP contribution in [-0.4, -0.2) is 66.7 Å². The smallest absolute Gasteiger partial charge is 0.0596 e. The average Bonchev–Trinajstić information content (AvgIpc) is 3.35. The van der Waals surface area contributed by atoms with E-state index in [1.54, 1.807) is 11.1 Å². The van der Waals surface area contributed by atoms with Crippen LogP contribution in [0.2, 0.25) is 0 Å². The van der Waals surface area contributed by atoms with Gasteiger partial charge >= 0.3 is 0 Å². The number of hydrogen-bond donors (Lipinski definition) is 3. The van der Waals surface area contributed by atoms with E-state index >= 15 is 0 Å². The Morgan fingerprint density at radius 1 is 1.15 bits per heavy atom. The van der Waals surface area contributed by atoms with E-state index in [0.29, 0.717) is 12.0 Å². The third-order valence-electron chi connectivity index (χ3n) is 10.3. The molecular formula is C28H46N2O3. The van der Waals surface area contributed by atoms with Crippen LogP contribution in [0.1, 0.15) is 71.6 Å². The molecule has 3 saturated carbocycles. The van der Waals surface area contributed by atoms with Gasteiger partial charge in [-0.15, -0.1) is 0 Å². The van der Waals surface area contributed by atoms with Crippen LogP contribution in [0.3, 0.4) is 0 Å². The first-order valence-corrected chi connectivity index (χ1v) is 13.8. The van der Waals surface area contributed by atoms with Crippen molar-refractivity contribution in [3.05, 3.63) is 22.9 Å². The quantitative estimate of drug-likeness (QED) is 0.515. The van der Waals surface area contributed by atoms with Crippen molar-refractivity contribution in [2.24, 2.45) is 29.1 Å². The lowest BCUT2D eigenvalue weighted by atomic mass is 9.53. The molecule has 4 aliphatic carbocycles. The van der Waals surface area contributed by atoms with E-state index in [1.807, 2.05) is 0 Å².